The van der Waals surface area contributed by atoms with Gasteiger partial charge in [0, 0.05) is 23.8 Å². The zero-order chi connectivity index (χ0) is 25.2. The van der Waals surface area contributed by atoms with Crippen molar-refractivity contribution in [2.24, 2.45) is 5.73 Å². The Hall–Kier alpha value is -4.05. The van der Waals surface area contributed by atoms with Gasteiger partial charge >= 0.3 is 0 Å². The maximum atomic E-state index is 12.3. The summed E-state index contributed by atoms with van der Waals surface area (Å²) >= 11 is 0. The van der Waals surface area contributed by atoms with Crippen molar-refractivity contribution in [1.29, 1.82) is 0 Å². The minimum absolute atomic E-state index is 0.0578. The SMILES string of the molecule is C[C@@H](NCC(=O)Nc1ccc(-c2ccc(C(=O)N[C@@H](CN)C(=O)NO)cc2)cc1)c1ccccc1. The monoisotopic (exact) mass is 475 g/mol. The van der Waals surface area contributed by atoms with E-state index in [1.165, 1.54) is 5.48 Å². The first-order chi connectivity index (χ1) is 16.9. The van der Waals surface area contributed by atoms with Crippen LogP contribution in [-0.4, -0.2) is 42.1 Å². The summed E-state index contributed by atoms with van der Waals surface area (Å²) in [6.45, 7) is 2.04. The number of carbonyl (C=O) groups is 3. The summed E-state index contributed by atoms with van der Waals surface area (Å²) in [6.07, 6.45) is 0. The maximum absolute atomic E-state index is 12.3. The average molecular weight is 476 g/mol. The number of carbonyl (C=O) groups excluding carboxylic acids is 3. The Morgan fingerprint density at radius 1 is 0.886 bits per heavy atom. The van der Waals surface area contributed by atoms with Crippen LogP contribution in [0.4, 0.5) is 5.69 Å². The summed E-state index contributed by atoms with van der Waals surface area (Å²) in [5.74, 6) is -1.41. The number of amides is 3. The topological polar surface area (TPSA) is 146 Å². The molecule has 0 heterocycles. The van der Waals surface area contributed by atoms with Gasteiger partial charge in [-0.1, -0.05) is 54.6 Å². The standard InChI is InChI=1S/C26H29N5O4/c1-17(18-5-3-2-4-6-18)28-16-24(32)29-22-13-11-20(12-14-22)19-7-9-21(10-8-19)25(33)30-23(15-27)26(34)31-35/h2-14,17,23,28,35H,15-16,27H2,1H3,(H,29,32)(H,30,33)(H,31,34)/t17-,23+/m1/s1. The molecule has 0 radical (unpaired) electrons. The fourth-order valence-corrected chi connectivity index (χ4v) is 3.42. The molecule has 0 aliphatic rings. The lowest BCUT2D eigenvalue weighted by atomic mass is 10.0. The van der Waals surface area contributed by atoms with Gasteiger partial charge in [-0.2, -0.15) is 0 Å². The van der Waals surface area contributed by atoms with Crippen LogP contribution in [0, 0.1) is 0 Å². The molecular formula is C26H29N5O4. The summed E-state index contributed by atoms with van der Waals surface area (Å²) in [7, 11) is 0. The summed E-state index contributed by atoms with van der Waals surface area (Å²) in [6, 6.07) is 23.1. The Morgan fingerprint density at radius 2 is 1.49 bits per heavy atom. The molecule has 3 aromatic carbocycles. The van der Waals surface area contributed by atoms with Gasteiger partial charge in [-0.05, 0) is 47.9 Å². The highest BCUT2D eigenvalue weighted by molar-refractivity contribution is 5.98. The van der Waals surface area contributed by atoms with Gasteiger partial charge < -0.3 is 21.7 Å². The third-order valence-electron chi connectivity index (χ3n) is 5.49. The predicted molar refractivity (Wildman–Crippen MR) is 134 cm³/mol. The fraction of sp³-hybridized carbons (Fsp3) is 0.192. The molecule has 2 atom stereocenters. The van der Waals surface area contributed by atoms with Crippen molar-refractivity contribution in [2.45, 2.75) is 19.0 Å². The van der Waals surface area contributed by atoms with Crippen LogP contribution < -0.4 is 27.2 Å². The van der Waals surface area contributed by atoms with Crippen LogP contribution in [0.25, 0.3) is 11.1 Å². The molecule has 35 heavy (non-hydrogen) atoms. The summed E-state index contributed by atoms with van der Waals surface area (Å²) in [5.41, 5.74) is 10.9. The summed E-state index contributed by atoms with van der Waals surface area (Å²) in [4.78, 5) is 36.1. The highest BCUT2D eigenvalue weighted by Gasteiger charge is 2.19. The van der Waals surface area contributed by atoms with Crippen molar-refractivity contribution in [1.82, 2.24) is 16.1 Å². The number of anilines is 1. The lowest BCUT2D eigenvalue weighted by Crippen LogP contribution is -2.50. The van der Waals surface area contributed by atoms with Crippen molar-refractivity contribution >= 4 is 23.4 Å². The van der Waals surface area contributed by atoms with Gasteiger partial charge in [0.1, 0.15) is 6.04 Å². The molecule has 0 spiro atoms. The van der Waals surface area contributed by atoms with Gasteiger partial charge in [0.15, 0.2) is 0 Å². The van der Waals surface area contributed by atoms with Crippen molar-refractivity contribution in [3.8, 4) is 11.1 Å². The molecule has 3 aromatic rings. The van der Waals surface area contributed by atoms with E-state index >= 15 is 0 Å². The van der Waals surface area contributed by atoms with Gasteiger partial charge in [0.25, 0.3) is 11.8 Å². The van der Waals surface area contributed by atoms with Crippen molar-refractivity contribution < 1.29 is 19.6 Å². The maximum Gasteiger partial charge on any atom is 0.267 e. The highest BCUT2D eigenvalue weighted by atomic mass is 16.5. The van der Waals surface area contributed by atoms with Crippen LogP contribution >= 0.6 is 0 Å². The van der Waals surface area contributed by atoms with E-state index in [9.17, 15) is 14.4 Å². The van der Waals surface area contributed by atoms with E-state index in [4.69, 9.17) is 10.9 Å². The van der Waals surface area contributed by atoms with Gasteiger partial charge in [-0.25, -0.2) is 5.48 Å². The first-order valence-corrected chi connectivity index (χ1v) is 11.1. The molecular weight excluding hydrogens is 446 g/mol. The van der Waals surface area contributed by atoms with E-state index in [0.29, 0.717) is 11.3 Å². The third kappa shape index (κ3) is 7.21. The Balaban J connectivity index is 1.54. The lowest BCUT2D eigenvalue weighted by Gasteiger charge is -2.15. The molecule has 0 aliphatic carbocycles. The Labute approximate surface area is 203 Å². The number of nitrogens with two attached hydrogens (primary N) is 1. The Morgan fingerprint density at radius 3 is 2.06 bits per heavy atom. The second-order valence-electron chi connectivity index (χ2n) is 7.95. The average Bonchev–Trinajstić information content (AvgIpc) is 2.90. The van der Waals surface area contributed by atoms with E-state index in [-0.39, 0.29) is 25.0 Å². The normalized spacial score (nSPS) is 12.3. The van der Waals surface area contributed by atoms with Crippen LogP contribution in [0.3, 0.4) is 0 Å². The van der Waals surface area contributed by atoms with Gasteiger partial charge in [-0.15, -0.1) is 0 Å². The van der Waals surface area contributed by atoms with Crippen LogP contribution in [0.2, 0.25) is 0 Å². The zero-order valence-electron chi connectivity index (χ0n) is 19.3. The summed E-state index contributed by atoms with van der Waals surface area (Å²) in [5, 5.41) is 17.3. The van der Waals surface area contributed by atoms with E-state index in [0.717, 1.165) is 16.7 Å². The van der Waals surface area contributed by atoms with E-state index in [1.807, 2.05) is 61.5 Å². The highest BCUT2D eigenvalue weighted by Crippen LogP contribution is 2.22. The largest absolute Gasteiger partial charge is 0.339 e. The van der Waals surface area contributed by atoms with Gasteiger partial charge in [-0.3, -0.25) is 19.6 Å². The molecule has 0 saturated carbocycles. The molecule has 0 unspecified atom stereocenters. The molecule has 182 valence electrons. The minimum Gasteiger partial charge on any atom is -0.339 e. The van der Waals surface area contributed by atoms with Crippen molar-refractivity contribution in [2.75, 3.05) is 18.4 Å². The second kappa shape index (κ2) is 12.4. The molecule has 3 amide bonds. The lowest BCUT2D eigenvalue weighted by molar-refractivity contribution is -0.130. The molecule has 0 bridgehead atoms. The van der Waals surface area contributed by atoms with E-state index < -0.39 is 17.9 Å². The minimum atomic E-state index is -1.04. The molecule has 0 aromatic heterocycles. The molecule has 7 N–H and O–H groups in total. The number of hydroxylamine groups is 1. The zero-order valence-corrected chi connectivity index (χ0v) is 19.3. The first-order valence-electron chi connectivity index (χ1n) is 11.1. The van der Waals surface area contributed by atoms with Crippen molar-refractivity contribution in [3.05, 3.63) is 90.0 Å². The Kier molecular flexibility index (Phi) is 9.08. The first kappa shape index (κ1) is 25.6. The van der Waals surface area contributed by atoms with Crippen molar-refractivity contribution in [3.63, 3.8) is 0 Å². The Bertz CT molecular complexity index is 1130. The van der Waals surface area contributed by atoms with Crippen LogP contribution in [0.1, 0.15) is 28.9 Å². The number of hydrogen-bond donors (Lipinski definition) is 6. The smallest absolute Gasteiger partial charge is 0.267 e. The number of hydrogen-bond acceptors (Lipinski definition) is 6. The predicted octanol–water partition coefficient (Wildman–Crippen LogP) is 2.21. The number of benzene rings is 3. The van der Waals surface area contributed by atoms with E-state index in [2.05, 4.69) is 16.0 Å². The molecule has 0 saturated heterocycles. The van der Waals surface area contributed by atoms with Gasteiger partial charge in [0.05, 0.1) is 6.54 Å². The molecule has 9 heteroatoms. The fourth-order valence-electron chi connectivity index (χ4n) is 3.42. The molecule has 9 nitrogen and oxygen atoms in total. The summed E-state index contributed by atoms with van der Waals surface area (Å²) < 4.78 is 0. The quantitative estimate of drug-likeness (QED) is 0.196. The van der Waals surface area contributed by atoms with E-state index in [1.54, 1.807) is 24.3 Å². The molecule has 0 fully saturated rings. The molecule has 3 rings (SSSR count). The van der Waals surface area contributed by atoms with Gasteiger partial charge in [0.2, 0.25) is 5.91 Å². The number of nitrogens with one attached hydrogen (secondary N) is 4. The van der Waals surface area contributed by atoms with Crippen LogP contribution in [0.15, 0.2) is 78.9 Å². The van der Waals surface area contributed by atoms with Crippen LogP contribution in [-0.2, 0) is 9.59 Å². The van der Waals surface area contributed by atoms with Crippen LogP contribution in [0.5, 0.6) is 0 Å². The number of rotatable bonds is 10. The third-order valence-corrected chi connectivity index (χ3v) is 5.49. The molecule has 0 aliphatic heterocycles. The second-order valence-corrected chi connectivity index (χ2v) is 7.95.